The maximum Gasteiger partial charge on any atom is 0.101 e. The molecule has 0 spiro atoms. The van der Waals surface area contributed by atoms with Gasteiger partial charge in [0.1, 0.15) is 5.69 Å². The molecule has 0 atom stereocenters. The Morgan fingerprint density at radius 3 is 2.73 bits per heavy atom. The molecule has 0 saturated carbocycles. The van der Waals surface area contributed by atoms with Gasteiger partial charge in [-0.2, -0.15) is 0 Å². The zero-order valence-corrected chi connectivity index (χ0v) is 6.75. The van der Waals surface area contributed by atoms with Gasteiger partial charge < -0.3 is 11.5 Å². The summed E-state index contributed by atoms with van der Waals surface area (Å²) >= 11 is 4.15. The van der Waals surface area contributed by atoms with Crippen LogP contribution in [0, 0.1) is 0 Å². The van der Waals surface area contributed by atoms with Gasteiger partial charge in [-0.25, -0.2) is 4.99 Å². The predicted molar refractivity (Wildman–Crippen MR) is 50.4 cm³/mol. The van der Waals surface area contributed by atoms with Crippen LogP contribution in [-0.2, 0) is 0 Å². The van der Waals surface area contributed by atoms with Crippen molar-refractivity contribution < 1.29 is 0 Å². The van der Waals surface area contributed by atoms with E-state index in [0.29, 0.717) is 11.4 Å². The van der Waals surface area contributed by atoms with Gasteiger partial charge in [0.2, 0.25) is 0 Å². The number of benzene rings is 1. The number of nitrogens with zero attached hydrogens (tertiary/aromatic N) is 1. The van der Waals surface area contributed by atoms with Gasteiger partial charge in [-0.1, -0.05) is 6.07 Å². The Bertz CT molecular complexity index is 263. The molecule has 4 heteroatoms. The third-order valence-corrected chi connectivity index (χ3v) is 1.61. The van der Waals surface area contributed by atoms with E-state index >= 15 is 0 Å². The number of para-hydroxylation sites is 1. The molecule has 11 heavy (non-hydrogen) atoms. The van der Waals surface area contributed by atoms with Gasteiger partial charge in [-0.05, 0) is 12.1 Å². The average Bonchev–Trinajstić information content (AvgIpc) is 1.97. The lowest BCUT2D eigenvalue weighted by Crippen LogP contribution is -1.90. The van der Waals surface area contributed by atoms with Crippen LogP contribution in [0.3, 0.4) is 0 Å². The highest BCUT2D eigenvalue weighted by Crippen LogP contribution is 2.28. The fraction of sp³-hybridized carbons (Fsp3) is 0. The van der Waals surface area contributed by atoms with E-state index in [1.807, 2.05) is 12.1 Å². The number of nitrogen functional groups attached to an aromatic ring is 1. The summed E-state index contributed by atoms with van der Waals surface area (Å²) in [4.78, 5) is 4.59. The number of nitrogens with two attached hydrogens (primary N) is 2. The Balaban J connectivity index is 3.20. The van der Waals surface area contributed by atoms with Crippen molar-refractivity contribution in [3.05, 3.63) is 18.2 Å². The van der Waals surface area contributed by atoms with Crippen molar-refractivity contribution in [3.63, 3.8) is 0 Å². The van der Waals surface area contributed by atoms with Crippen molar-refractivity contribution in [1.29, 1.82) is 0 Å². The Morgan fingerprint density at radius 1 is 1.45 bits per heavy atom. The Kier molecular flexibility index (Phi) is 2.38. The fourth-order valence-corrected chi connectivity index (χ4v) is 1.04. The Morgan fingerprint density at radius 2 is 2.18 bits per heavy atom. The molecule has 0 radical (unpaired) electrons. The minimum Gasteiger partial charge on any atom is -0.397 e. The first-order valence-corrected chi connectivity index (χ1v) is 3.52. The molecule has 0 unspecified atom stereocenters. The number of hydrogen-bond acceptors (Lipinski definition) is 3. The average molecular weight is 167 g/mol. The molecule has 0 aromatic heterocycles. The van der Waals surface area contributed by atoms with E-state index in [1.54, 1.807) is 6.07 Å². The second-order valence-corrected chi connectivity index (χ2v) is 2.47. The van der Waals surface area contributed by atoms with Gasteiger partial charge in [0.05, 0.1) is 12.0 Å². The number of hydrogen-bond donors (Lipinski definition) is 3. The monoisotopic (exact) mass is 167 g/mol. The van der Waals surface area contributed by atoms with Gasteiger partial charge in [0.25, 0.3) is 0 Å². The smallest absolute Gasteiger partial charge is 0.101 e. The lowest BCUT2D eigenvalue weighted by atomic mass is 10.3. The van der Waals surface area contributed by atoms with Crippen LogP contribution in [0.2, 0.25) is 0 Å². The van der Waals surface area contributed by atoms with Crippen LogP contribution >= 0.6 is 12.6 Å². The predicted octanol–water partition coefficient (Wildman–Crippen LogP) is 1.18. The number of rotatable bonds is 1. The lowest BCUT2D eigenvalue weighted by Gasteiger charge is -2.00. The molecule has 3 nitrogen and oxygen atoms in total. The van der Waals surface area contributed by atoms with Gasteiger partial charge in [0, 0.05) is 4.90 Å². The van der Waals surface area contributed by atoms with Crippen molar-refractivity contribution in [2.75, 3.05) is 5.73 Å². The maximum absolute atomic E-state index is 5.59. The molecule has 1 aromatic carbocycles. The van der Waals surface area contributed by atoms with E-state index in [4.69, 9.17) is 11.5 Å². The van der Waals surface area contributed by atoms with E-state index in [1.165, 1.54) is 6.34 Å². The van der Waals surface area contributed by atoms with Crippen LogP contribution in [0.5, 0.6) is 0 Å². The van der Waals surface area contributed by atoms with E-state index in [9.17, 15) is 0 Å². The van der Waals surface area contributed by atoms with Gasteiger partial charge >= 0.3 is 0 Å². The van der Waals surface area contributed by atoms with Crippen LogP contribution in [0.25, 0.3) is 0 Å². The normalized spacial score (nSPS) is 10.6. The molecular weight excluding hydrogens is 158 g/mol. The highest BCUT2D eigenvalue weighted by molar-refractivity contribution is 7.80. The number of thiol groups is 1. The summed E-state index contributed by atoms with van der Waals surface area (Å²) in [6.45, 7) is 0. The summed E-state index contributed by atoms with van der Waals surface area (Å²) in [5.41, 5.74) is 11.9. The minimum absolute atomic E-state index is 0.583. The molecule has 0 fully saturated rings. The van der Waals surface area contributed by atoms with Crippen LogP contribution in [0.15, 0.2) is 28.1 Å². The maximum atomic E-state index is 5.59. The highest BCUT2D eigenvalue weighted by Gasteiger charge is 1.98. The van der Waals surface area contributed by atoms with Gasteiger partial charge in [0.15, 0.2) is 0 Å². The summed E-state index contributed by atoms with van der Waals surface area (Å²) in [5, 5.41) is 0. The Hall–Kier alpha value is -1.16. The Labute approximate surface area is 70.5 Å². The topological polar surface area (TPSA) is 64.4 Å². The lowest BCUT2D eigenvalue weighted by molar-refractivity contribution is 1.38. The molecule has 0 heterocycles. The first-order chi connectivity index (χ1) is 5.25. The largest absolute Gasteiger partial charge is 0.397 e. The van der Waals surface area contributed by atoms with E-state index in [0.717, 1.165) is 4.90 Å². The molecule has 1 rings (SSSR count). The van der Waals surface area contributed by atoms with E-state index < -0.39 is 0 Å². The zero-order valence-electron chi connectivity index (χ0n) is 5.86. The molecule has 0 aliphatic carbocycles. The van der Waals surface area contributed by atoms with Crippen LogP contribution < -0.4 is 11.5 Å². The summed E-state index contributed by atoms with van der Waals surface area (Å²) in [5.74, 6) is 0. The molecule has 1 aromatic rings. The first kappa shape index (κ1) is 7.94. The summed E-state index contributed by atoms with van der Waals surface area (Å²) < 4.78 is 0. The quantitative estimate of drug-likeness (QED) is 0.254. The third kappa shape index (κ3) is 1.65. The van der Waals surface area contributed by atoms with Crippen molar-refractivity contribution in [3.8, 4) is 0 Å². The van der Waals surface area contributed by atoms with E-state index in [2.05, 4.69) is 17.6 Å². The molecule has 0 saturated heterocycles. The van der Waals surface area contributed by atoms with Crippen molar-refractivity contribution >= 4 is 30.3 Å². The molecular formula is C7H9N3S. The van der Waals surface area contributed by atoms with Crippen LogP contribution in [0.1, 0.15) is 0 Å². The third-order valence-electron chi connectivity index (χ3n) is 1.25. The molecule has 58 valence electrons. The highest BCUT2D eigenvalue weighted by atomic mass is 32.1. The molecule has 0 amide bonds. The summed E-state index contributed by atoms with van der Waals surface area (Å²) in [6.07, 6.45) is 1.20. The summed E-state index contributed by atoms with van der Waals surface area (Å²) in [6, 6.07) is 5.37. The molecule has 0 bridgehead atoms. The fourth-order valence-electron chi connectivity index (χ4n) is 0.764. The van der Waals surface area contributed by atoms with Crippen molar-refractivity contribution in [2.24, 2.45) is 10.7 Å². The van der Waals surface area contributed by atoms with Crippen molar-refractivity contribution in [1.82, 2.24) is 0 Å². The molecule has 4 N–H and O–H groups in total. The van der Waals surface area contributed by atoms with Crippen LogP contribution in [0.4, 0.5) is 11.4 Å². The standard InChI is InChI=1S/C7H9N3S/c8-4-10-7-5(9)2-1-3-6(7)11/h1-4,11H,9H2,(H2,8,10). The number of anilines is 1. The zero-order chi connectivity index (χ0) is 8.27. The second-order valence-electron chi connectivity index (χ2n) is 1.99. The molecule has 0 aliphatic heterocycles. The van der Waals surface area contributed by atoms with E-state index in [-0.39, 0.29) is 0 Å². The SMILES string of the molecule is NC=Nc1c(N)cccc1S. The second kappa shape index (κ2) is 3.30. The van der Waals surface area contributed by atoms with Crippen molar-refractivity contribution in [2.45, 2.75) is 4.90 Å². The summed E-state index contributed by atoms with van der Waals surface area (Å²) in [7, 11) is 0. The van der Waals surface area contributed by atoms with Crippen LogP contribution in [-0.4, -0.2) is 6.34 Å². The number of aliphatic imine (C=N–C) groups is 1. The molecule has 0 aliphatic rings. The van der Waals surface area contributed by atoms with Gasteiger partial charge in [-0.3, -0.25) is 0 Å². The minimum atomic E-state index is 0.583. The first-order valence-electron chi connectivity index (χ1n) is 3.07. The van der Waals surface area contributed by atoms with Gasteiger partial charge in [-0.15, -0.1) is 12.6 Å².